The molecule has 114 valence electrons. The second kappa shape index (κ2) is 6.58. The minimum Gasteiger partial charge on any atom is -0.481 e. The molecule has 0 aromatic rings. The van der Waals surface area contributed by atoms with E-state index in [0.717, 1.165) is 6.42 Å². The van der Waals surface area contributed by atoms with Crippen molar-refractivity contribution in [2.75, 3.05) is 0 Å². The van der Waals surface area contributed by atoms with Crippen LogP contribution in [0.4, 0.5) is 4.79 Å². The highest BCUT2D eigenvalue weighted by Crippen LogP contribution is 2.35. The van der Waals surface area contributed by atoms with Gasteiger partial charge >= 0.3 is 12.0 Å². The number of rotatable bonds is 7. The van der Waals surface area contributed by atoms with Gasteiger partial charge in [-0.05, 0) is 31.6 Å². The number of aliphatic carboxylic acids is 1. The number of carboxylic acid groups (broad SMARTS) is 1. The van der Waals surface area contributed by atoms with E-state index in [1.165, 1.54) is 0 Å². The van der Waals surface area contributed by atoms with E-state index in [0.29, 0.717) is 19.3 Å². The van der Waals surface area contributed by atoms with Crippen LogP contribution in [0.25, 0.3) is 0 Å². The van der Waals surface area contributed by atoms with Gasteiger partial charge in [0, 0.05) is 0 Å². The Morgan fingerprint density at radius 1 is 1.30 bits per heavy atom. The minimum absolute atomic E-state index is 0.0935. The Labute approximate surface area is 118 Å². The van der Waals surface area contributed by atoms with Gasteiger partial charge in [0.25, 0.3) is 0 Å². The molecule has 1 rings (SSSR count). The largest absolute Gasteiger partial charge is 0.481 e. The van der Waals surface area contributed by atoms with Crippen molar-refractivity contribution in [1.82, 2.24) is 10.6 Å². The Morgan fingerprint density at radius 2 is 1.90 bits per heavy atom. The SMILES string of the molecule is CC(C)CC(NC(N)=O)C(=O)NC1(CC(=O)O)CCC1. The lowest BCUT2D eigenvalue weighted by Gasteiger charge is -2.42. The lowest BCUT2D eigenvalue weighted by molar-refractivity contribution is -0.140. The number of primary amides is 1. The Kier molecular flexibility index (Phi) is 5.35. The van der Waals surface area contributed by atoms with Crippen molar-refractivity contribution in [2.24, 2.45) is 11.7 Å². The highest BCUT2D eigenvalue weighted by Gasteiger charge is 2.41. The molecule has 0 radical (unpaired) electrons. The van der Waals surface area contributed by atoms with Gasteiger partial charge < -0.3 is 21.5 Å². The number of hydrogen-bond acceptors (Lipinski definition) is 3. The van der Waals surface area contributed by atoms with Crippen molar-refractivity contribution in [3.8, 4) is 0 Å². The average Bonchev–Trinajstić information content (AvgIpc) is 2.22. The molecule has 7 heteroatoms. The molecule has 0 aliphatic heterocycles. The summed E-state index contributed by atoms with van der Waals surface area (Å²) >= 11 is 0. The summed E-state index contributed by atoms with van der Waals surface area (Å²) < 4.78 is 0. The molecular formula is C13H23N3O4. The first-order chi connectivity index (χ1) is 9.24. The maximum atomic E-state index is 12.2. The summed E-state index contributed by atoms with van der Waals surface area (Å²) in [5.41, 5.74) is 4.40. The topological polar surface area (TPSA) is 122 Å². The first-order valence-corrected chi connectivity index (χ1v) is 6.84. The fraction of sp³-hybridized carbons (Fsp3) is 0.769. The van der Waals surface area contributed by atoms with Crippen LogP contribution in [0.5, 0.6) is 0 Å². The standard InChI is InChI=1S/C13H23N3O4/c1-8(2)6-9(15-12(14)20)11(19)16-13(4-3-5-13)7-10(17)18/h8-9H,3-7H2,1-2H3,(H,16,19)(H,17,18)(H3,14,15,20). The van der Waals surface area contributed by atoms with E-state index in [1.807, 2.05) is 13.8 Å². The molecular weight excluding hydrogens is 262 g/mol. The maximum Gasteiger partial charge on any atom is 0.312 e. The number of carbonyl (C=O) groups excluding carboxylic acids is 2. The zero-order valence-electron chi connectivity index (χ0n) is 11.9. The van der Waals surface area contributed by atoms with Gasteiger partial charge in [-0.3, -0.25) is 9.59 Å². The van der Waals surface area contributed by atoms with E-state index in [-0.39, 0.29) is 18.2 Å². The maximum absolute atomic E-state index is 12.2. The van der Waals surface area contributed by atoms with Gasteiger partial charge in [-0.2, -0.15) is 0 Å². The number of carboxylic acids is 1. The minimum atomic E-state index is -0.937. The molecule has 1 unspecified atom stereocenters. The van der Waals surface area contributed by atoms with E-state index >= 15 is 0 Å². The van der Waals surface area contributed by atoms with Crippen molar-refractivity contribution < 1.29 is 19.5 Å². The second-order valence-electron chi connectivity index (χ2n) is 5.88. The second-order valence-corrected chi connectivity index (χ2v) is 5.88. The van der Waals surface area contributed by atoms with Gasteiger partial charge in [-0.15, -0.1) is 0 Å². The van der Waals surface area contributed by atoms with Crippen LogP contribution in [0.15, 0.2) is 0 Å². The van der Waals surface area contributed by atoms with Crippen LogP contribution in [0.2, 0.25) is 0 Å². The molecule has 0 aromatic carbocycles. The van der Waals surface area contributed by atoms with Gasteiger partial charge in [-0.1, -0.05) is 13.8 Å². The fourth-order valence-corrected chi connectivity index (χ4v) is 2.46. The van der Waals surface area contributed by atoms with Crippen molar-refractivity contribution in [3.63, 3.8) is 0 Å². The van der Waals surface area contributed by atoms with Crippen molar-refractivity contribution >= 4 is 17.9 Å². The predicted octanol–water partition coefficient (Wildman–Crippen LogP) is 0.583. The molecule has 0 spiro atoms. The first-order valence-electron chi connectivity index (χ1n) is 6.84. The molecule has 3 amide bonds. The van der Waals surface area contributed by atoms with Crippen LogP contribution in [0, 0.1) is 5.92 Å². The summed E-state index contributed by atoms with van der Waals surface area (Å²) in [6.45, 7) is 3.86. The van der Waals surface area contributed by atoms with Crippen molar-refractivity contribution in [3.05, 3.63) is 0 Å². The summed E-state index contributed by atoms with van der Waals surface area (Å²) in [6.07, 6.45) is 2.55. The van der Waals surface area contributed by atoms with Crippen LogP contribution in [-0.4, -0.2) is 34.6 Å². The molecule has 1 saturated carbocycles. The van der Waals surface area contributed by atoms with Crippen LogP contribution in [-0.2, 0) is 9.59 Å². The van der Waals surface area contributed by atoms with Gasteiger partial charge in [0.2, 0.25) is 5.91 Å². The first kappa shape index (κ1) is 16.3. The molecule has 0 saturated heterocycles. The Hall–Kier alpha value is -1.79. The highest BCUT2D eigenvalue weighted by atomic mass is 16.4. The molecule has 0 bridgehead atoms. The van der Waals surface area contributed by atoms with Crippen molar-refractivity contribution in [1.29, 1.82) is 0 Å². The number of carbonyl (C=O) groups is 3. The Balaban J connectivity index is 2.68. The zero-order valence-corrected chi connectivity index (χ0v) is 11.9. The highest BCUT2D eigenvalue weighted by molar-refractivity contribution is 5.87. The molecule has 7 nitrogen and oxygen atoms in total. The third kappa shape index (κ3) is 4.71. The Morgan fingerprint density at radius 3 is 2.25 bits per heavy atom. The van der Waals surface area contributed by atoms with Crippen LogP contribution in [0.3, 0.4) is 0 Å². The molecule has 1 fully saturated rings. The van der Waals surface area contributed by atoms with Crippen LogP contribution in [0.1, 0.15) is 46.0 Å². The van der Waals surface area contributed by atoms with Gasteiger partial charge in [-0.25, -0.2) is 4.79 Å². The third-order valence-corrected chi connectivity index (χ3v) is 3.53. The molecule has 0 aromatic heterocycles. The van der Waals surface area contributed by atoms with Gasteiger partial charge in [0.1, 0.15) is 6.04 Å². The van der Waals surface area contributed by atoms with Crippen LogP contribution >= 0.6 is 0 Å². The average molecular weight is 285 g/mol. The number of nitrogens with two attached hydrogens (primary N) is 1. The molecule has 20 heavy (non-hydrogen) atoms. The zero-order chi connectivity index (χ0) is 15.3. The smallest absolute Gasteiger partial charge is 0.312 e. The van der Waals surface area contributed by atoms with E-state index in [2.05, 4.69) is 10.6 Å². The quantitative estimate of drug-likeness (QED) is 0.546. The molecule has 0 heterocycles. The van der Waals surface area contributed by atoms with E-state index in [9.17, 15) is 14.4 Å². The summed E-state index contributed by atoms with van der Waals surface area (Å²) in [5, 5.41) is 14.1. The van der Waals surface area contributed by atoms with Gasteiger partial charge in [0.05, 0.1) is 12.0 Å². The number of urea groups is 1. The van der Waals surface area contributed by atoms with Gasteiger partial charge in [0.15, 0.2) is 0 Å². The number of nitrogens with one attached hydrogen (secondary N) is 2. The van der Waals surface area contributed by atoms with E-state index < -0.39 is 23.6 Å². The monoisotopic (exact) mass is 285 g/mol. The fourth-order valence-electron chi connectivity index (χ4n) is 2.46. The van der Waals surface area contributed by atoms with E-state index in [4.69, 9.17) is 10.8 Å². The summed E-state index contributed by atoms with van der Waals surface area (Å²) in [4.78, 5) is 34.1. The van der Waals surface area contributed by atoms with E-state index in [1.54, 1.807) is 0 Å². The lowest BCUT2D eigenvalue weighted by Crippen LogP contribution is -2.60. The summed E-state index contributed by atoms with van der Waals surface area (Å²) in [6, 6.07) is -1.48. The summed E-state index contributed by atoms with van der Waals surface area (Å²) in [5.74, 6) is -1.10. The summed E-state index contributed by atoms with van der Waals surface area (Å²) in [7, 11) is 0. The Bertz CT molecular complexity index is 391. The lowest BCUT2D eigenvalue weighted by atomic mass is 9.74. The van der Waals surface area contributed by atoms with Crippen molar-refractivity contribution in [2.45, 2.75) is 57.5 Å². The predicted molar refractivity (Wildman–Crippen MR) is 72.9 cm³/mol. The molecule has 1 aliphatic carbocycles. The third-order valence-electron chi connectivity index (χ3n) is 3.53. The normalized spacial score (nSPS) is 17.9. The molecule has 5 N–H and O–H groups in total. The van der Waals surface area contributed by atoms with Crippen LogP contribution < -0.4 is 16.4 Å². The number of hydrogen-bond donors (Lipinski definition) is 4. The molecule has 1 atom stereocenters. The number of amides is 3. The molecule has 1 aliphatic rings.